The van der Waals surface area contributed by atoms with Gasteiger partial charge in [-0.3, -0.25) is 4.98 Å². The molecule has 1 aliphatic carbocycles. The lowest BCUT2D eigenvalue weighted by Crippen LogP contribution is -2.19. The summed E-state index contributed by atoms with van der Waals surface area (Å²) in [4.78, 5) is 16.1. The maximum Gasteiger partial charge on any atom is 0.123 e. The number of H-pyrrole nitrogens is 1. The summed E-state index contributed by atoms with van der Waals surface area (Å²) in [6, 6.07) is 57.4. The van der Waals surface area contributed by atoms with Gasteiger partial charge in [-0.2, -0.15) is 0 Å². The summed E-state index contributed by atoms with van der Waals surface area (Å²) in [6.45, 7) is 48.1. The molecule has 4 heterocycles. The van der Waals surface area contributed by atoms with Crippen molar-refractivity contribution in [2.45, 2.75) is 220 Å². The third-order valence-corrected chi connectivity index (χ3v) is 15.5. The fraction of sp³-hybridized carbons (Fsp3) is 0.500. The molecule has 3 aromatic heterocycles. The largest absolute Gasteiger partial charge is 0.497 e. The number of aromatic nitrogens is 5. The Morgan fingerprint density at radius 2 is 0.894 bits per heavy atom. The second kappa shape index (κ2) is 50.5. The molecule has 0 amide bonds. The van der Waals surface area contributed by atoms with Gasteiger partial charge in [0.05, 0.1) is 29.2 Å². The fourth-order valence-corrected chi connectivity index (χ4v) is 9.88. The maximum atomic E-state index is 12.4. The minimum Gasteiger partial charge on any atom is -0.497 e. The van der Waals surface area contributed by atoms with Crippen LogP contribution in [0, 0.1) is 48.2 Å². The van der Waals surface area contributed by atoms with Crippen LogP contribution in [-0.4, -0.2) is 44.8 Å². The van der Waals surface area contributed by atoms with Crippen LogP contribution in [0.2, 0.25) is 0 Å². The third-order valence-electron chi connectivity index (χ3n) is 15.5. The zero-order valence-corrected chi connectivity index (χ0v) is 63.1. The molecule has 7 nitrogen and oxygen atoms in total. The smallest absolute Gasteiger partial charge is 0.123 e. The van der Waals surface area contributed by atoms with Crippen molar-refractivity contribution < 1.29 is 13.9 Å². The normalized spacial score (nSPS) is 12.6. The minimum absolute atomic E-state index is 0.163. The predicted octanol–water partition coefficient (Wildman–Crippen LogP) is 25.7. The van der Waals surface area contributed by atoms with Gasteiger partial charge < -0.3 is 19.0 Å². The summed E-state index contributed by atoms with van der Waals surface area (Å²) in [5.41, 5.74) is 9.88. The number of imidazole rings is 2. The van der Waals surface area contributed by atoms with Crippen LogP contribution < -0.4 is 4.74 Å². The van der Waals surface area contributed by atoms with Crippen molar-refractivity contribution in [1.29, 1.82) is 0 Å². The first-order valence-corrected chi connectivity index (χ1v) is 35.4. The number of hydrogen-bond acceptors (Lipinski definition) is 5. The summed E-state index contributed by atoms with van der Waals surface area (Å²) in [6.07, 6.45) is 13.5. The number of hydrogen-bond donors (Lipinski definition) is 1. The highest BCUT2D eigenvalue weighted by molar-refractivity contribution is 5.76. The topological polar surface area (TPSA) is 77.8 Å². The summed E-state index contributed by atoms with van der Waals surface area (Å²) in [5.74, 6) is 11.1. The van der Waals surface area contributed by atoms with Crippen molar-refractivity contribution in [3.8, 4) is 5.75 Å². The number of para-hydroxylation sites is 4. The fourth-order valence-electron chi connectivity index (χ4n) is 9.88. The maximum absolute atomic E-state index is 12.4. The number of methoxy groups -OCH3 is 1. The van der Waals surface area contributed by atoms with Crippen LogP contribution in [0.5, 0.6) is 5.75 Å². The SMILES string of the molecule is CC(C)C.CC(C)C.CC(C)C1CCCCC1.CC(C)C1CCOCC1.CC(C)c1ccc(F)cc1.CC(C)c1nc2ccccc2[nH]1.CC(C)c1nc2ccccc2n1C.COc1ccc(C(C)C)cc1.Cc1ccccc1C(C)C.c1ccccc1.c1ccncc1. The number of nitrogens with one attached hydrogen (secondary N) is 1. The molecule has 518 valence electrons. The number of fused-ring (bicyclic) bond motifs is 2. The molecule has 0 spiro atoms. The zero-order chi connectivity index (χ0) is 70.4. The molecule has 6 aromatic carbocycles. The summed E-state index contributed by atoms with van der Waals surface area (Å²) in [7, 11) is 3.76. The van der Waals surface area contributed by atoms with Crippen molar-refractivity contribution in [3.05, 3.63) is 228 Å². The first kappa shape index (κ1) is 85.1. The van der Waals surface area contributed by atoms with Gasteiger partial charge >= 0.3 is 0 Å². The van der Waals surface area contributed by atoms with Gasteiger partial charge in [0.2, 0.25) is 0 Å². The van der Waals surface area contributed by atoms with Crippen LogP contribution in [-0.2, 0) is 11.8 Å². The van der Waals surface area contributed by atoms with E-state index in [1.165, 1.54) is 84.8 Å². The third kappa shape index (κ3) is 39.1. The van der Waals surface area contributed by atoms with E-state index >= 15 is 0 Å². The molecule has 1 N–H and O–H groups in total. The van der Waals surface area contributed by atoms with E-state index in [2.05, 4.69) is 225 Å². The second-order valence-electron chi connectivity index (χ2n) is 28.1. The lowest BCUT2D eigenvalue weighted by Gasteiger charge is -2.24. The zero-order valence-electron chi connectivity index (χ0n) is 63.1. The lowest BCUT2D eigenvalue weighted by molar-refractivity contribution is 0.0523. The van der Waals surface area contributed by atoms with Gasteiger partial charge in [-0.05, 0) is 156 Å². The van der Waals surface area contributed by atoms with Crippen LogP contribution >= 0.6 is 0 Å². The van der Waals surface area contributed by atoms with Crippen molar-refractivity contribution >= 4 is 22.1 Å². The van der Waals surface area contributed by atoms with Crippen molar-refractivity contribution in [2.75, 3.05) is 20.3 Å². The van der Waals surface area contributed by atoms with E-state index in [4.69, 9.17) is 9.47 Å². The molecule has 0 atom stereocenters. The number of ether oxygens (including phenoxy) is 2. The molecule has 0 bridgehead atoms. The van der Waals surface area contributed by atoms with Gasteiger partial charge in [-0.1, -0.05) is 286 Å². The molecule has 1 saturated carbocycles. The Balaban J connectivity index is 0.000000525. The Morgan fingerprint density at radius 3 is 1.26 bits per heavy atom. The van der Waals surface area contributed by atoms with Crippen molar-refractivity contribution in [3.63, 3.8) is 0 Å². The highest BCUT2D eigenvalue weighted by Crippen LogP contribution is 2.29. The Morgan fingerprint density at radius 1 is 0.457 bits per heavy atom. The Kier molecular flexibility index (Phi) is 45.7. The number of pyridine rings is 1. The average molecular weight is 1290 g/mol. The summed E-state index contributed by atoms with van der Waals surface area (Å²) < 4.78 is 24.8. The number of rotatable bonds is 8. The minimum atomic E-state index is -0.163. The summed E-state index contributed by atoms with van der Waals surface area (Å²) >= 11 is 0. The molecule has 1 saturated heterocycles. The molecular weight excluding hydrogens is 1150 g/mol. The number of aryl methyl sites for hydroxylation is 2. The summed E-state index contributed by atoms with van der Waals surface area (Å²) in [5, 5.41) is 0. The molecule has 8 heteroatoms. The number of aromatic amines is 1. The molecule has 0 unspecified atom stereocenters. The highest BCUT2D eigenvalue weighted by atomic mass is 19.1. The van der Waals surface area contributed by atoms with Crippen LogP contribution in [0.4, 0.5) is 4.39 Å². The number of nitrogens with zero attached hydrogens (tertiary/aromatic N) is 4. The molecule has 94 heavy (non-hydrogen) atoms. The van der Waals surface area contributed by atoms with E-state index in [0.29, 0.717) is 29.6 Å². The van der Waals surface area contributed by atoms with Gasteiger partial charge in [-0.15, -0.1) is 0 Å². The van der Waals surface area contributed by atoms with E-state index in [0.717, 1.165) is 82.7 Å². The predicted molar refractivity (Wildman–Crippen MR) is 409 cm³/mol. The van der Waals surface area contributed by atoms with Gasteiger partial charge in [0, 0.05) is 44.5 Å². The van der Waals surface area contributed by atoms with Gasteiger partial charge in [0.15, 0.2) is 0 Å². The van der Waals surface area contributed by atoms with E-state index in [1.807, 2.05) is 115 Å². The molecule has 9 aromatic rings. The number of halogens is 1. The Labute approximate surface area is 574 Å². The van der Waals surface area contributed by atoms with E-state index < -0.39 is 0 Å². The van der Waals surface area contributed by atoms with E-state index in [9.17, 15) is 4.39 Å². The first-order chi connectivity index (χ1) is 44.7. The molecule has 0 radical (unpaired) electrons. The van der Waals surface area contributed by atoms with Gasteiger partial charge in [-0.25, -0.2) is 14.4 Å². The van der Waals surface area contributed by atoms with E-state index in [-0.39, 0.29) is 5.82 Å². The van der Waals surface area contributed by atoms with Crippen LogP contribution in [0.25, 0.3) is 22.1 Å². The molecular formula is C86H130FN5O2. The standard InChI is InChI=1S/C11H14N2.C10H12N2.C10H14O.C10H14.C9H11F.C9H18.C8H16O.C6H6.C5H5N.2C4H10/c1-8(2)11-12-9-6-4-5-7-10(9)13(11)3;1-7(2)10-11-8-5-3-4-6-9(8)12-10;1-8(2)9-4-6-10(11-3)7-5-9;1-8(2)10-7-5-4-6-9(10)3;1-7(2)8-3-5-9(10)6-4-8;1-8(2)9-6-4-3-5-7-9;1-7(2)8-3-5-9-6-4-8;2*1-2-4-6-5-3-1;2*1-4(2)3/h4-8H,1-3H3;3-7H,1-2H3,(H,11,12);4-8H,1-3H3;4-8H,1-3H3;3-7H,1-2H3;8-9H,3-7H2,1-2H3;7-8H,3-6H2,1-2H3;1-6H;1-5H;2*4H,1-3H3. The quantitative estimate of drug-likeness (QED) is 0.164. The molecule has 11 rings (SSSR count). The molecule has 1 aliphatic heterocycles. The Bertz CT molecular complexity index is 3010. The Hall–Kier alpha value is -6.90. The van der Waals surface area contributed by atoms with Crippen LogP contribution in [0.15, 0.2) is 188 Å². The molecule has 2 fully saturated rings. The second-order valence-corrected chi connectivity index (χ2v) is 28.1. The van der Waals surface area contributed by atoms with Gasteiger partial charge in [0.1, 0.15) is 23.2 Å². The van der Waals surface area contributed by atoms with Crippen molar-refractivity contribution in [2.24, 2.45) is 42.6 Å². The average Bonchev–Trinajstić information content (AvgIpc) is 1.69. The van der Waals surface area contributed by atoms with E-state index in [1.54, 1.807) is 19.5 Å². The van der Waals surface area contributed by atoms with Crippen LogP contribution in [0.3, 0.4) is 0 Å². The van der Waals surface area contributed by atoms with Gasteiger partial charge in [0.25, 0.3) is 0 Å². The monoisotopic (exact) mass is 1280 g/mol. The van der Waals surface area contributed by atoms with Crippen LogP contribution in [0.1, 0.15) is 247 Å². The number of benzene rings is 6. The molecule has 2 aliphatic rings. The highest BCUT2D eigenvalue weighted by Gasteiger charge is 2.17. The first-order valence-electron chi connectivity index (χ1n) is 35.4. The van der Waals surface area contributed by atoms with Crippen molar-refractivity contribution in [1.82, 2.24) is 24.5 Å². The lowest BCUT2D eigenvalue weighted by atomic mass is 9.82.